The first-order valence-corrected chi connectivity index (χ1v) is 12.2. The number of nitrogens with zero attached hydrogens (tertiary/aromatic N) is 1. The van der Waals surface area contributed by atoms with Crippen molar-refractivity contribution in [3.63, 3.8) is 0 Å². The fourth-order valence-electron chi connectivity index (χ4n) is 4.06. The molecule has 0 aliphatic rings. The molecule has 244 valence electrons. The molecule has 1 amide bonds. The lowest BCUT2D eigenvalue weighted by Crippen LogP contribution is -2.27. The molecule has 0 radical (unpaired) electrons. The molecule has 0 saturated heterocycles. The Kier molecular flexibility index (Phi) is 9.75. The molecule has 0 atom stereocenters. The Morgan fingerprint density at radius 3 is 1.73 bits per heavy atom. The number of amides is 1. The van der Waals surface area contributed by atoms with E-state index in [1.165, 1.54) is 0 Å². The number of ketones is 1. The van der Waals surface area contributed by atoms with Crippen molar-refractivity contribution in [3.8, 4) is 16.9 Å². The highest BCUT2D eigenvalue weighted by Gasteiger charge is 2.40. The molecule has 0 N–H and O–H groups in total. The van der Waals surface area contributed by atoms with Crippen LogP contribution in [0.25, 0.3) is 11.1 Å². The number of Topliss-reactive ketones (excluding diaryl/α,β-unsaturated/α-hetero) is 1. The number of hydrogen-bond donors (Lipinski definition) is 0. The van der Waals surface area contributed by atoms with Crippen LogP contribution in [0.4, 0.5) is 57.5 Å². The second kappa shape index (κ2) is 12.5. The van der Waals surface area contributed by atoms with Gasteiger partial charge in [0.15, 0.2) is 0 Å². The van der Waals surface area contributed by atoms with Crippen LogP contribution in [-0.4, -0.2) is 37.1 Å². The van der Waals surface area contributed by atoms with Gasteiger partial charge in [-0.1, -0.05) is 6.07 Å². The van der Waals surface area contributed by atoms with Gasteiger partial charge in [0.05, 0.1) is 23.8 Å². The van der Waals surface area contributed by atoms with Crippen LogP contribution in [-0.2, 0) is 36.4 Å². The largest absolute Gasteiger partial charge is 0.496 e. The van der Waals surface area contributed by atoms with Crippen LogP contribution in [0.3, 0.4) is 0 Å². The van der Waals surface area contributed by atoms with E-state index in [1.807, 2.05) is 0 Å². The Hall–Kier alpha value is -4.44. The van der Waals surface area contributed by atoms with Crippen LogP contribution in [0.2, 0.25) is 0 Å². The summed E-state index contributed by atoms with van der Waals surface area (Å²) in [5.41, 5.74) is -6.99. The molecule has 3 rings (SSSR count). The van der Waals surface area contributed by atoms with Gasteiger partial charge in [-0.15, -0.1) is 0 Å². The summed E-state index contributed by atoms with van der Waals surface area (Å²) in [7, 11) is 2.07. The normalized spacial score (nSPS) is 12.6. The molecular weight excluding hydrogens is 642 g/mol. The minimum Gasteiger partial charge on any atom is -0.496 e. The van der Waals surface area contributed by atoms with Gasteiger partial charge in [-0.2, -0.15) is 52.7 Å². The van der Waals surface area contributed by atoms with Crippen molar-refractivity contribution in [2.24, 2.45) is 0 Å². The van der Waals surface area contributed by atoms with Gasteiger partial charge in [0.2, 0.25) is 0 Å². The zero-order valence-corrected chi connectivity index (χ0v) is 22.7. The molecule has 3 aromatic carbocycles. The minimum absolute atomic E-state index is 0.141. The highest BCUT2D eigenvalue weighted by Crippen LogP contribution is 2.39. The first kappa shape index (κ1) is 35.0. The van der Waals surface area contributed by atoms with E-state index in [4.69, 9.17) is 9.47 Å². The van der Waals surface area contributed by atoms with E-state index in [0.717, 1.165) is 38.4 Å². The lowest BCUT2D eigenvalue weighted by atomic mass is 9.94. The standard InChI is InChI=1S/C28H19F12NO4/c1-41(24(43)45-13-14-7-18(26(32,33)34)11-19(8-14)27(35,36)37)12-16-9-17(25(29,30)31)4-5-20(16)21-10-15(3-6-22(21)44-2)23(42)28(38,39)40/h3-11H,12-13H2,1-2H3. The number of hydrogen-bond acceptors (Lipinski definition) is 4. The molecular formula is C28H19F12NO4. The van der Waals surface area contributed by atoms with Crippen molar-refractivity contribution in [1.29, 1.82) is 0 Å². The summed E-state index contributed by atoms with van der Waals surface area (Å²) in [4.78, 5) is 25.1. The van der Waals surface area contributed by atoms with E-state index in [2.05, 4.69) is 0 Å². The highest BCUT2D eigenvalue weighted by atomic mass is 19.4. The van der Waals surface area contributed by atoms with Crippen molar-refractivity contribution < 1.29 is 71.7 Å². The Bertz CT molecular complexity index is 1540. The molecule has 0 spiro atoms. The zero-order valence-electron chi connectivity index (χ0n) is 22.7. The van der Waals surface area contributed by atoms with E-state index in [9.17, 15) is 62.3 Å². The maximum atomic E-state index is 13.5. The summed E-state index contributed by atoms with van der Waals surface area (Å²) in [5.74, 6) is -2.42. The van der Waals surface area contributed by atoms with Crippen molar-refractivity contribution in [2.45, 2.75) is 37.9 Å². The molecule has 0 saturated carbocycles. The molecule has 3 aromatic rings. The van der Waals surface area contributed by atoms with Gasteiger partial charge in [-0.25, -0.2) is 4.79 Å². The molecule has 0 fully saturated rings. The summed E-state index contributed by atoms with van der Waals surface area (Å²) in [5, 5.41) is 0. The molecule has 0 heterocycles. The Labute approximate surface area is 245 Å². The smallest absolute Gasteiger partial charge is 0.454 e. The fraction of sp³-hybridized carbons (Fsp3) is 0.286. The van der Waals surface area contributed by atoms with Crippen LogP contribution in [0.5, 0.6) is 5.75 Å². The van der Waals surface area contributed by atoms with Gasteiger partial charge >= 0.3 is 30.8 Å². The SMILES string of the molecule is COc1ccc(C(=O)C(F)(F)F)cc1-c1ccc(C(F)(F)F)cc1CN(C)C(=O)OCc1cc(C(F)(F)F)cc(C(F)(F)F)c1. The minimum atomic E-state index is -5.29. The van der Waals surface area contributed by atoms with E-state index in [-0.39, 0.29) is 28.5 Å². The van der Waals surface area contributed by atoms with Crippen LogP contribution < -0.4 is 4.74 Å². The van der Waals surface area contributed by atoms with Crippen LogP contribution in [0.15, 0.2) is 54.6 Å². The Morgan fingerprint density at radius 1 is 0.689 bits per heavy atom. The average molecular weight is 661 g/mol. The maximum absolute atomic E-state index is 13.5. The topological polar surface area (TPSA) is 55.8 Å². The predicted molar refractivity (Wildman–Crippen MR) is 132 cm³/mol. The average Bonchev–Trinajstić information content (AvgIpc) is 2.93. The van der Waals surface area contributed by atoms with Gasteiger partial charge in [0.1, 0.15) is 12.4 Å². The number of ether oxygens (including phenoxy) is 2. The zero-order chi connectivity index (χ0) is 34.1. The first-order valence-electron chi connectivity index (χ1n) is 12.2. The predicted octanol–water partition coefficient (Wildman–Crippen LogP) is 8.93. The number of rotatable bonds is 7. The number of carbonyl (C=O) groups excluding carboxylic acids is 2. The Morgan fingerprint density at radius 2 is 1.24 bits per heavy atom. The Balaban J connectivity index is 1.98. The monoisotopic (exact) mass is 661 g/mol. The number of alkyl halides is 12. The summed E-state index contributed by atoms with van der Waals surface area (Å²) in [6.45, 7) is -1.85. The van der Waals surface area contributed by atoms with E-state index in [1.54, 1.807) is 0 Å². The van der Waals surface area contributed by atoms with E-state index >= 15 is 0 Å². The van der Waals surface area contributed by atoms with Crippen molar-refractivity contribution in [2.75, 3.05) is 14.2 Å². The second-order valence-corrected chi connectivity index (χ2v) is 9.44. The number of methoxy groups -OCH3 is 1. The first-order chi connectivity index (χ1) is 20.5. The maximum Gasteiger partial charge on any atom is 0.454 e. The quantitative estimate of drug-likeness (QED) is 0.188. The van der Waals surface area contributed by atoms with Gasteiger partial charge in [-0.05, 0) is 65.2 Å². The van der Waals surface area contributed by atoms with Gasteiger partial charge in [-0.3, -0.25) is 4.79 Å². The van der Waals surface area contributed by atoms with Crippen molar-refractivity contribution in [1.82, 2.24) is 4.90 Å². The molecule has 0 aliphatic heterocycles. The summed E-state index contributed by atoms with van der Waals surface area (Å²) in [6.07, 6.45) is -22.0. The van der Waals surface area contributed by atoms with E-state index < -0.39 is 77.6 Å². The van der Waals surface area contributed by atoms with Crippen molar-refractivity contribution in [3.05, 3.63) is 88.0 Å². The summed E-state index contributed by atoms with van der Waals surface area (Å²) in [6, 6.07) is 4.96. The number of carbonyl (C=O) groups is 2. The van der Waals surface area contributed by atoms with Crippen LogP contribution in [0.1, 0.15) is 38.2 Å². The van der Waals surface area contributed by atoms with Gasteiger partial charge in [0, 0.05) is 24.7 Å². The van der Waals surface area contributed by atoms with Gasteiger partial charge in [0.25, 0.3) is 5.78 Å². The summed E-state index contributed by atoms with van der Waals surface area (Å²) >= 11 is 0. The molecule has 0 bridgehead atoms. The van der Waals surface area contributed by atoms with Crippen molar-refractivity contribution >= 4 is 11.9 Å². The third-order valence-corrected chi connectivity index (χ3v) is 6.17. The van der Waals surface area contributed by atoms with Crippen LogP contribution >= 0.6 is 0 Å². The van der Waals surface area contributed by atoms with Gasteiger partial charge < -0.3 is 14.4 Å². The van der Waals surface area contributed by atoms with E-state index in [0.29, 0.717) is 29.2 Å². The third-order valence-electron chi connectivity index (χ3n) is 6.17. The molecule has 17 heteroatoms. The second-order valence-electron chi connectivity index (χ2n) is 9.44. The molecule has 45 heavy (non-hydrogen) atoms. The third kappa shape index (κ3) is 8.60. The lowest BCUT2D eigenvalue weighted by Gasteiger charge is -2.22. The number of halogens is 12. The summed E-state index contributed by atoms with van der Waals surface area (Å²) < 4.78 is 168. The molecule has 0 unspecified atom stereocenters. The highest BCUT2D eigenvalue weighted by molar-refractivity contribution is 6.01. The lowest BCUT2D eigenvalue weighted by molar-refractivity contribution is -0.143. The van der Waals surface area contributed by atoms with Crippen LogP contribution in [0, 0.1) is 0 Å². The number of benzene rings is 3. The molecule has 5 nitrogen and oxygen atoms in total. The fourth-order valence-corrected chi connectivity index (χ4v) is 4.06. The molecule has 0 aromatic heterocycles. The molecule has 0 aliphatic carbocycles.